The SMILES string of the molecule is NC(=S)c1ccc(C(=O)NC2CCS(=O)(=O)CC2)nc1. The molecule has 0 saturated carbocycles. The highest BCUT2D eigenvalue weighted by atomic mass is 32.2. The molecule has 0 bridgehead atoms. The smallest absolute Gasteiger partial charge is 0.270 e. The van der Waals surface area contributed by atoms with Crippen molar-refractivity contribution in [2.45, 2.75) is 18.9 Å². The third kappa shape index (κ3) is 3.73. The molecule has 1 saturated heterocycles. The Morgan fingerprint density at radius 1 is 1.35 bits per heavy atom. The van der Waals surface area contributed by atoms with E-state index in [0.717, 1.165) is 0 Å². The first-order valence-corrected chi connectivity index (χ1v) is 8.37. The molecule has 0 aliphatic carbocycles. The Morgan fingerprint density at radius 2 is 2.00 bits per heavy atom. The summed E-state index contributed by atoms with van der Waals surface area (Å²) in [7, 11) is -2.93. The van der Waals surface area contributed by atoms with Crippen molar-refractivity contribution in [2.75, 3.05) is 11.5 Å². The molecule has 0 atom stereocenters. The number of carbonyl (C=O) groups is 1. The van der Waals surface area contributed by atoms with Crippen LogP contribution in [0.3, 0.4) is 0 Å². The van der Waals surface area contributed by atoms with Gasteiger partial charge in [0.15, 0.2) is 0 Å². The van der Waals surface area contributed by atoms with Gasteiger partial charge in [-0.15, -0.1) is 0 Å². The first kappa shape index (κ1) is 14.9. The summed E-state index contributed by atoms with van der Waals surface area (Å²) in [5.41, 5.74) is 6.31. The minimum Gasteiger partial charge on any atom is -0.389 e. The molecule has 20 heavy (non-hydrogen) atoms. The highest BCUT2D eigenvalue weighted by Gasteiger charge is 2.25. The molecule has 108 valence electrons. The van der Waals surface area contributed by atoms with Crippen LogP contribution in [0.4, 0.5) is 0 Å². The number of hydrogen-bond donors (Lipinski definition) is 2. The second-order valence-corrected chi connectivity index (χ2v) is 7.44. The first-order chi connectivity index (χ1) is 9.37. The molecule has 1 fully saturated rings. The molecule has 1 aliphatic heterocycles. The molecule has 1 amide bonds. The lowest BCUT2D eigenvalue weighted by atomic mass is 10.1. The van der Waals surface area contributed by atoms with Gasteiger partial charge < -0.3 is 11.1 Å². The van der Waals surface area contributed by atoms with Crippen molar-refractivity contribution in [3.8, 4) is 0 Å². The standard InChI is InChI=1S/C12H15N3O3S2/c13-11(19)8-1-2-10(14-7-8)12(16)15-9-3-5-20(17,18)6-4-9/h1-2,7,9H,3-6H2,(H2,13,19)(H,15,16). The summed E-state index contributed by atoms with van der Waals surface area (Å²) < 4.78 is 22.6. The normalized spacial score (nSPS) is 18.4. The summed E-state index contributed by atoms with van der Waals surface area (Å²) in [6.07, 6.45) is 2.33. The summed E-state index contributed by atoms with van der Waals surface area (Å²) >= 11 is 4.80. The molecule has 3 N–H and O–H groups in total. The number of carbonyl (C=O) groups excluding carboxylic acids is 1. The Bertz CT molecular complexity index is 612. The summed E-state index contributed by atoms with van der Waals surface area (Å²) in [5.74, 6) is -0.0823. The van der Waals surface area contributed by atoms with E-state index in [1.807, 2.05) is 0 Å². The summed E-state index contributed by atoms with van der Waals surface area (Å²) in [5, 5.41) is 2.79. The van der Waals surface area contributed by atoms with Crippen molar-refractivity contribution < 1.29 is 13.2 Å². The van der Waals surface area contributed by atoms with E-state index in [1.165, 1.54) is 6.20 Å². The van der Waals surface area contributed by atoms with Crippen molar-refractivity contribution in [2.24, 2.45) is 5.73 Å². The fourth-order valence-electron chi connectivity index (χ4n) is 1.97. The highest BCUT2D eigenvalue weighted by molar-refractivity contribution is 7.91. The van der Waals surface area contributed by atoms with E-state index in [4.69, 9.17) is 18.0 Å². The van der Waals surface area contributed by atoms with E-state index in [-0.39, 0.29) is 34.1 Å². The van der Waals surface area contributed by atoms with Crippen LogP contribution in [0.1, 0.15) is 28.9 Å². The van der Waals surface area contributed by atoms with Crippen molar-refractivity contribution in [3.05, 3.63) is 29.6 Å². The average Bonchev–Trinajstić information content (AvgIpc) is 2.41. The van der Waals surface area contributed by atoms with Crippen LogP contribution in [0.5, 0.6) is 0 Å². The monoisotopic (exact) mass is 313 g/mol. The molecule has 2 rings (SSSR count). The van der Waals surface area contributed by atoms with Crippen molar-refractivity contribution in [3.63, 3.8) is 0 Å². The van der Waals surface area contributed by atoms with Gasteiger partial charge in [0.05, 0.1) is 11.5 Å². The fourth-order valence-corrected chi connectivity index (χ4v) is 3.58. The van der Waals surface area contributed by atoms with Crippen LogP contribution in [-0.4, -0.2) is 41.8 Å². The minimum absolute atomic E-state index is 0.117. The number of hydrogen-bond acceptors (Lipinski definition) is 5. The van der Waals surface area contributed by atoms with Gasteiger partial charge in [-0.3, -0.25) is 9.78 Å². The molecular weight excluding hydrogens is 298 g/mol. The number of nitrogens with two attached hydrogens (primary N) is 1. The fraction of sp³-hybridized carbons (Fsp3) is 0.417. The van der Waals surface area contributed by atoms with E-state index in [9.17, 15) is 13.2 Å². The third-order valence-electron chi connectivity index (χ3n) is 3.17. The molecule has 6 nitrogen and oxygen atoms in total. The topological polar surface area (TPSA) is 102 Å². The molecule has 0 aromatic carbocycles. The Kier molecular flexibility index (Phi) is 4.34. The number of rotatable bonds is 3. The number of amides is 1. The lowest BCUT2D eigenvalue weighted by molar-refractivity contribution is 0.0929. The molecule has 1 aromatic heterocycles. The van der Waals surface area contributed by atoms with E-state index < -0.39 is 9.84 Å². The molecule has 0 unspecified atom stereocenters. The number of thiocarbonyl (C=S) groups is 1. The largest absolute Gasteiger partial charge is 0.389 e. The second-order valence-electron chi connectivity index (χ2n) is 4.70. The van der Waals surface area contributed by atoms with Gasteiger partial charge in [0, 0.05) is 17.8 Å². The maximum Gasteiger partial charge on any atom is 0.270 e. The molecule has 2 heterocycles. The van der Waals surface area contributed by atoms with E-state index in [0.29, 0.717) is 18.4 Å². The molecule has 1 aromatic rings. The number of pyridine rings is 1. The third-order valence-corrected chi connectivity index (χ3v) is 5.12. The maximum atomic E-state index is 12.0. The minimum atomic E-state index is -2.93. The number of sulfone groups is 1. The molecular formula is C12H15N3O3S2. The van der Waals surface area contributed by atoms with Crippen molar-refractivity contribution in [1.82, 2.24) is 10.3 Å². The molecule has 1 aliphatic rings. The van der Waals surface area contributed by atoms with Crippen LogP contribution < -0.4 is 11.1 Å². The Morgan fingerprint density at radius 3 is 2.50 bits per heavy atom. The molecule has 0 spiro atoms. The summed E-state index contributed by atoms with van der Waals surface area (Å²) in [4.78, 5) is 16.2. The van der Waals surface area contributed by atoms with Crippen LogP contribution >= 0.6 is 12.2 Å². The molecule has 8 heteroatoms. The zero-order valence-electron chi connectivity index (χ0n) is 10.7. The predicted molar refractivity (Wildman–Crippen MR) is 79.3 cm³/mol. The van der Waals surface area contributed by atoms with Crippen LogP contribution in [0, 0.1) is 0 Å². The highest BCUT2D eigenvalue weighted by Crippen LogP contribution is 2.12. The van der Waals surface area contributed by atoms with Crippen LogP contribution in [0.25, 0.3) is 0 Å². The van der Waals surface area contributed by atoms with Gasteiger partial charge in [0.1, 0.15) is 20.5 Å². The Balaban J connectivity index is 1.97. The average molecular weight is 313 g/mol. The van der Waals surface area contributed by atoms with Gasteiger partial charge in [0.2, 0.25) is 0 Å². The predicted octanol–water partition coefficient (Wildman–Crippen LogP) is 0.0228. The summed E-state index contributed by atoms with van der Waals surface area (Å²) in [6.45, 7) is 0. The Hall–Kier alpha value is -1.54. The van der Waals surface area contributed by atoms with Gasteiger partial charge in [0.25, 0.3) is 5.91 Å². The maximum absolute atomic E-state index is 12.0. The van der Waals surface area contributed by atoms with Crippen LogP contribution in [0.2, 0.25) is 0 Å². The first-order valence-electron chi connectivity index (χ1n) is 6.14. The van der Waals surface area contributed by atoms with Crippen LogP contribution in [-0.2, 0) is 9.84 Å². The van der Waals surface area contributed by atoms with E-state index >= 15 is 0 Å². The van der Waals surface area contributed by atoms with E-state index in [2.05, 4.69) is 10.3 Å². The number of nitrogens with zero attached hydrogens (tertiary/aromatic N) is 1. The van der Waals surface area contributed by atoms with Gasteiger partial charge in [-0.05, 0) is 25.0 Å². The molecule has 0 radical (unpaired) electrons. The van der Waals surface area contributed by atoms with Gasteiger partial charge >= 0.3 is 0 Å². The van der Waals surface area contributed by atoms with Crippen LogP contribution in [0.15, 0.2) is 18.3 Å². The van der Waals surface area contributed by atoms with E-state index in [1.54, 1.807) is 12.1 Å². The zero-order chi connectivity index (χ0) is 14.8. The van der Waals surface area contributed by atoms with Gasteiger partial charge in [-0.25, -0.2) is 8.42 Å². The summed E-state index contributed by atoms with van der Waals surface area (Å²) in [6, 6.07) is 3.06. The Labute approximate surface area is 122 Å². The van der Waals surface area contributed by atoms with Crippen molar-refractivity contribution in [1.29, 1.82) is 0 Å². The number of aromatic nitrogens is 1. The second kappa shape index (κ2) is 5.84. The lowest BCUT2D eigenvalue weighted by Gasteiger charge is -2.22. The zero-order valence-corrected chi connectivity index (χ0v) is 12.3. The lowest BCUT2D eigenvalue weighted by Crippen LogP contribution is -2.41. The van der Waals surface area contributed by atoms with Gasteiger partial charge in [-0.2, -0.15) is 0 Å². The number of nitrogens with one attached hydrogen (secondary N) is 1. The van der Waals surface area contributed by atoms with Crippen molar-refractivity contribution >= 4 is 33.0 Å². The quantitative estimate of drug-likeness (QED) is 0.763. The van der Waals surface area contributed by atoms with Gasteiger partial charge in [-0.1, -0.05) is 12.2 Å².